The second-order valence-corrected chi connectivity index (χ2v) is 2.70. The Bertz CT molecular complexity index is 138. The third-order valence-electron chi connectivity index (χ3n) is 1.97. The lowest BCUT2D eigenvalue weighted by Crippen LogP contribution is -2.48. The minimum absolute atomic E-state index is 0.429. The lowest BCUT2D eigenvalue weighted by atomic mass is 10.1. The zero-order chi connectivity index (χ0) is 7.40. The Labute approximate surface area is 61.6 Å². The van der Waals surface area contributed by atoms with Crippen LogP contribution in [-0.2, 0) is 0 Å². The second-order valence-electron chi connectivity index (χ2n) is 2.70. The van der Waals surface area contributed by atoms with Crippen molar-refractivity contribution in [3.63, 3.8) is 0 Å². The Balaban J connectivity index is 2.34. The number of nitrogens with zero attached hydrogens (tertiary/aromatic N) is 2. The highest BCUT2D eigenvalue weighted by Gasteiger charge is 2.16. The van der Waals surface area contributed by atoms with Crippen molar-refractivity contribution < 1.29 is 0 Å². The molecule has 10 heavy (non-hydrogen) atoms. The zero-order valence-electron chi connectivity index (χ0n) is 6.30. The summed E-state index contributed by atoms with van der Waals surface area (Å²) < 4.78 is 0. The average Bonchev–Trinajstić information content (AvgIpc) is 1.94. The molecule has 0 aromatic rings. The summed E-state index contributed by atoms with van der Waals surface area (Å²) in [5.41, 5.74) is 0. The van der Waals surface area contributed by atoms with Crippen molar-refractivity contribution in [3.8, 4) is 6.07 Å². The summed E-state index contributed by atoms with van der Waals surface area (Å²) in [6.07, 6.45) is 0.642. The van der Waals surface area contributed by atoms with Gasteiger partial charge in [-0.2, -0.15) is 5.26 Å². The second kappa shape index (κ2) is 3.55. The van der Waals surface area contributed by atoms with E-state index in [0.29, 0.717) is 12.5 Å². The number of nitriles is 1. The molecule has 1 heterocycles. The van der Waals surface area contributed by atoms with Crippen LogP contribution in [0.25, 0.3) is 0 Å². The number of hydrogen-bond donors (Lipinski definition) is 1. The van der Waals surface area contributed by atoms with Crippen LogP contribution in [0.3, 0.4) is 0 Å². The average molecular weight is 139 g/mol. The van der Waals surface area contributed by atoms with Crippen molar-refractivity contribution in [1.82, 2.24) is 10.2 Å². The molecule has 1 saturated heterocycles. The quantitative estimate of drug-likeness (QED) is 0.547. The third kappa shape index (κ3) is 1.69. The molecule has 1 aliphatic rings. The van der Waals surface area contributed by atoms with Gasteiger partial charge in [-0.05, 0) is 7.05 Å². The molecule has 56 valence electrons. The van der Waals surface area contributed by atoms with Crippen LogP contribution >= 0.6 is 0 Å². The first-order valence-corrected chi connectivity index (χ1v) is 3.62. The smallest absolute Gasteiger partial charge is 0.0638 e. The molecule has 0 saturated carbocycles. The Morgan fingerprint density at radius 1 is 1.80 bits per heavy atom. The van der Waals surface area contributed by atoms with Gasteiger partial charge < -0.3 is 5.32 Å². The van der Waals surface area contributed by atoms with Crippen LogP contribution in [0.1, 0.15) is 6.42 Å². The number of nitrogens with one attached hydrogen (secondary N) is 1. The lowest BCUT2D eigenvalue weighted by molar-refractivity contribution is 0.203. The molecule has 0 aromatic carbocycles. The van der Waals surface area contributed by atoms with E-state index in [1.807, 2.05) is 0 Å². The van der Waals surface area contributed by atoms with Gasteiger partial charge in [-0.3, -0.25) is 4.90 Å². The van der Waals surface area contributed by atoms with Gasteiger partial charge in [0.1, 0.15) is 0 Å². The molecule has 1 rings (SSSR count). The molecule has 0 bridgehead atoms. The van der Waals surface area contributed by atoms with Crippen LogP contribution in [0, 0.1) is 11.3 Å². The standard InChI is InChI=1S/C7H13N3/c1-10-5-4-9-6-7(10)2-3-8/h7,9H,2,4-6H2,1H3/t7-/m0/s1. The van der Waals surface area contributed by atoms with Gasteiger partial charge in [0.2, 0.25) is 0 Å². The Morgan fingerprint density at radius 3 is 3.20 bits per heavy atom. The van der Waals surface area contributed by atoms with E-state index < -0.39 is 0 Å². The monoisotopic (exact) mass is 139 g/mol. The SMILES string of the molecule is CN1CCNC[C@@H]1CC#N. The van der Waals surface area contributed by atoms with Crippen LogP contribution < -0.4 is 5.32 Å². The van der Waals surface area contributed by atoms with E-state index in [-0.39, 0.29) is 0 Å². The molecular formula is C7H13N3. The van der Waals surface area contributed by atoms with Gasteiger partial charge in [-0.25, -0.2) is 0 Å². The molecule has 0 amide bonds. The van der Waals surface area contributed by atoms with E-state index in [9.17, 15) is 0 Å². The van der Waals surface area contributed by atoms with E-state index in [4.69, 9.17) is 5.26 Å². The van der Waals surface area contributed by atoms with Crippen molar-refractivity contribution in [2.75, 3.05) is 26.7 Å². The Morgan fingerprint density at radius 2 is 2.60 bits per heavy atom. The Hall–Kier alpha value is -0.590. The normalized spacial score (nSPS) is 27.8. The summed E-state index contributed by atoms with van der Waals surface area (Å²) in [6.45, 7) is 3.08. The van der Waals surface area contributed by atoms with Crippen molar-refractivity contribution in [2.24, 2.45) is 0 Å². The van der Waals surface area contributed by atoms with Crippen molar-refractivity contribution in [3.05, 3.63) is 0 Å². The third-order valence-corrected chi connectivity index (χ3v) is 1.97. The van der Waals surface area contributed by atoms with Gasteiger partial charge in [0.25, 0.3) is 0 Å². The van der Waals surface area contributed by atoms with E-state index >= 15 is 0 Å². The molecule has 0 unspecified atom stereocenters. The fourth-order valence-corrected chi connectivity index (χ4v) is 1.20. The molecular weight excluding hydrogens is 126 g/mol. The molecule has 0 aromatic heterocycles. The predicted molar refractivity (Wildman–Crippen MR) is 39.5 cm³/mol. The largest absolute Gasteiger partial charge is 0.314 e. The summed E-state index contributed by atoms with van der Waals surface area (Å²) >= 11 is 0. The van der Waals surface area contributed by atoms with E-state index in [2.05, 4.69) is 23.3 Å². The lowest BCUT2D eigenvalue weighted by Gasteiger charge is -2.31. The van der Waals surface area contributed by atoms with E-state index in [0.717, 1.165) is 19.6 Å². The van der Waals surface area contributed by atoms with Crippen LogP contribution in [-0.4, -0.2) is 37.6 Å². The fourth-order valence-electron chi connectivity index (χ4n) is 1.20. The first-order valence-electron chi connectivity index (χ1n) is 3.62. The van der Waals surface area contributed by atoms with Crippen LogP contribution in [0.2, 0.25) is 0 Å². The Kier molecular flexibility index (Phi) is 2.67. The van der Waals surface area contributed by atoms with Crippen molar-refractivity contribution in [2.45, 2.75) is 12.5 Å². The number of likely N-dealkylation sites (N-methyl/N-ethyl adjacent to an activating group) is 1. The molecule has 0 aliphatic carbocycles. The van der Waals surface area contributed by atoms with Crippen LogP contribution in [0.5, 0.6) is 0 Å². The number of rotatable bonds is 1. The maximum absolute atomic E-state index is 8.43. The van der Waals surface area contributed by atoms with Crippen LogP contribution in [0.15, 0.2) is 0 Å². The summed E-state index contributed by atoms with van der Waals surface area (Å²) in [5, 5.41) is 11.7. The molecule has 3 heteroatoms. The van der Waals surface area contributed by atoms with Gasteiger partial charge in [0, 0.05) is 25.7 Å². The highest BCUT2D eigenvalue weighted by Crippen LogP contribution is 2.02. The highest BCUT2D eigenvalue weighted by atomic mass is 15.2. The van der Waals surface area contributed by atoms with E-state index in [1.165, 1.54) is 0 Å². The van der Waals surface area contributed by atoms with Gasteiger partial charge in [-0.15, -0.1) is 0 Å². The first-order chi connectivity index (χ1) is 4.84. The van der Waals surface area contributed by atoms with Gasteiger partial charge in [0.05, 0.1) is 12.5 Å². The predicted octanol–water partition coefficient (Wildman–Crippen LogP) is -0.196. The summed E-state index contributed by atoms with van der Waals surface area (Å²) in [6, 6.07) is 2.62. The number of hydrogen-bond acceptors (Lipinski definition) is 3. The summed E-state index contributed by atoms with van der Waals surface area (Å²) in [4.78, 5) is 2.24. The minimum atomic E-state index is 0.429. The molecule has 3 nitrogen and oxygen atoms in total. The van der Waals surface area contributed by atoms with E-state index in [1.54, 1.807) is 0 Å². The molecule has 1 atom stereocenters. The molecule has 1 aliphatic heterocycles. The number of piperazine rings is 1. The molecule has 1 fully saturated rings. The maximum atomic E-state index is 8.43. The van der Waals surface area contributed by atoms with Gasteiger partial charge in [0.15, 0.2) is 0 Å². The highest BCUT2D eigenvalue weighted by molar-refractivity contribution is 4.85. The summed E-state index contributed by atoms with van der Waals surface area (Å²) in [7, 11) is 2.07. The minimum Gasteiger partial charge on any atom is -0.314 e. The fraction of sp³-hybridized carbons (Fsp3) is 0.857. The van der Waals surface area contributed by atoms with Crippen LogP contribution in [0.4, 0.5) is 0 Å². The summed E-state index contributed by atoms with van der Waals surface area (Å²) in [5.74, 6) is 0. The van der Waals surface area contributed by atoms with Crippen molar-refractivity contribution >= 4 is 0 Å². The zero-order valence-corrected chi connectivity index (χ0v) is 6.30. The van der Waals surface area contributed by atoms with Gasteiger partial charge in [-0.1, -0.05) is 0 Å². The van der Waals surface area contributed by atoms with Crippen molar-refractivity contribution in [1.29, 1.82) is 5.26 Å². The van der Waals surface area contributed by atoms with Gasteiger partial charge >= 0.3 is 0 Å². The molecule has 0 radical (unpaired) electrons. The maximum Gasteiger partial charge on any atom is 0.0638 e. The molecule has 0 spiro atoms. The first kappa shape index (κ1) is 7.52. The topological polar surface area (TPSA) is 39.1 Å². The molecule has 1 N–H and O–H groups in total.